The summed E-state index contributed by atoms with van der Waals surface area (Å²) in [5.74, 6) is -1.22. The van der Waals surface area contributed by atoms with Gasteiger partial charge in [-0.3, -0.25) is 9.59 Å². The van der Waals surface area contributed by atoms with E-state index in [-0.39, 0.29) is 23.9 Å². The molecule has 1 aromatic carbocycles. The Bertz CT molecular complexity index is 535. The van der Waals surface area contributed by atoms with Gasteiger partial charge in [-0.2, -0.15) is 0 Å². The number of benzene rings is 1. The highest BCUT2D eigenvalue weighted by Gasteiger charge is 2.27. The Morgan fingerprint density at radius 1 is 1.40 bits per heavy atom. The fraction of sp³-hybridized carbons (Fsp3) is 0.385. The summed E-state index contributed by atoms with van der Waals surface area (Å²) >= 11 is 11.9. The van der Waals surface area contributed by atoms with Crippen LogP contribution in [0, 0.1) is 0 Å². The number of amides is 1. The summed E-state index contributed by atoms with van der Waals surface area (Å²) in [7, 11) is 0. The molecule has 1 unspecified atom stereocenters. The molecule has 1 fully saturated rings. The molecule has 1 saturated heterocycles. The van der Waals surface area contributed by atoms with Crippen molar-refractivity contribution in [3.05, 3.63) is 33.8 Å². The molecule has 20 heavy (non-hydrogen) atoms. The highest BCUT2D eigenvalue weighted by molar-refractivity contribution is 6.43. The van der Waals surface area contributed by atoms with E-state index in [2.05, 4.69) is 0 Å². The summed E-state index contributed by atoms with van der Waals surface area (Å²) in [5, 5.41) is 9.29. The number of ether oxygens (including phenoxy) is 1. The van der Waals surface area contributed by atoms with Crippen LogP contribution in [0.1, 0.15) is 16.8 Å². The maximum Gasteiger partial charge on any atom is 0.306 e. The number of carboxylic acid groups (broad SMARTS) is 1. The standard InChI is InChI=1S/C13H13Cl2NO4/c14-10-3-1-2-9(12(10)15)13(19)16-4-5-20-8(7-16)6-11(17)18/h1-3,8H,4-7H2,(H,17,18). The molecule has 0 aliphatic carbocycles. The third-order valence-corrected chi connectivity index (χ3v) is 3.83. The van der Waals surface area contributed by atoms with Gasteiger partial charge in [0.2, 0.25) is 0 Å². The average Bonchev–Trinajstić information content (AvgIpc) is 2.41. The molecule has 1 heterocycles. The highest BCUT2D eigenvalue weighted by atomic mass is 35.5. The van der Waals surface area contributed by atoms with Gasteiger partial charge in [0, 0.05) is 13.1 Å². The molecule has 2 rings (SSSR count). The Balaban J connectivity index is 2.12. The van der Waals surface area contributed by atoms with Gasteiger partial charge in [-0.05, 0) is 12.1 Å². The van der Waals surface area contributed by atoms with E-state index in [1.54, 1.807) is 18.2 Å². The zero-order valence-electron chi connectivity index (χ0n) is 10.5. The lowest BCUT2D eigenvalue weighted by Crippen LogP contribution is -2.46. The first-order valence-electron chi connectivity index (χ1n) is 6.05. The van der Waals surface area contributed by atoms with Crippen molar-refractivity contribution in [3.63, 3.8) is 0 Å². The van der Waals surface area contributed by atoms with Crippen molar-refractivity contribution in [2.45, 2.75) is 12.5 Å². The smallest absolute Gasteiger partial charge is 0.306 e. The minimum Gasteiger partial charge on any atom is -0.481 e. The van der Waals surface area contributed by atoms with Gasteiger partial charge >= 0.3 is 5.97 Å². The first kappa shape index (κ1) is 15.1. The van der Waals surface area contributed by atoms with Crippen LogP contribution in [0.2, 0.25) is 10.0 Å². The molecule has 1 atom stereocenters. The number of hydrogen-bond donors (Lipinski definition) is 1. The van der Waals surface area contributed by atoms with Crippen molar-refractivity contribution < 1.29 is 19.4 Å². The summed E-state index contributed by atoms with van der Waals surface area (Å²) in [6.07, 6.45) is -0.629. The van der Waals surface area contributed by atoms with Gasteiger partial charge < -0.3 is 14.7 Å². The minimum atomic E-state index is -0.954. The Labute approximate surface area is 126 Å². The van der Waals surface area contributed by atoms with Gasteiger partial charge in [-0.1, -0.05) is 29.3 Å². The van der Waals surface area contributed by atoms with Crippen molar-refractivity contribution in [1.82, 2.24) is 4.90 Å². The molecule has 1 aromatic rings. The molecule has 7 heteroatoms. The van der Waals surface area contributed by atoms with Gasteiger partial charge in [0.1, 0.15) is 0 Å². The molecule has 0 radical (unpaired) electrons. The van der Waals surface area contributed by atoms with Crippen LogP contribution in [0.5, 0.6) is 0 Å². The summed E-state index contributed by atoms with van der Waals surface area (Å²) in [5.41, 5.74) is 0.315. The van der Waals surface area contributed by atoms with E-state index in [1.807, 2.05) is 0 Å². The molecular formula is C13H13Cl2NO4. The molecule has 1 aliphatic rings. The van der Waals surface area contributed by atoms with Gasteiger partial charge in [-0.15, -0.1) is 0 Å². The van der Waals surface area contributed by atoms with E-state index >= 15 is 0 Å². The van der Waals surface area contributed by atoms with Crippen molar-refractivity contribution in [2.24, 2.45) is 0 Å². The Hall–Kier alpha value is -1.30. The topological polar surface area (TPSA) is 66.8 Å². The lowest BCUT2D eigenvalue weighted by atomic mass is 10.1. The van der Waals surface area contributed by atoms with Crippen LogP contribution in [0.4, 0.5) is 0 Å². The Kier molecular flexibility index (Phi) is 4.86. The molecule has 0 aromatic heterocycles. The average molecular weight is 318 g/mol. The van der Waals surface area contributed by atoms with E-state index in [9.17, 15) is 9.59 Å². The molecular weight excluding hydrogens is 305 g/mol. The second-order valence-electron chi connectivity index (χ2n) is 4.44. The number of hydrogen-bond acceptors (Lipinski definition) is 3. The molecule has 1 amide bonds. The maximum atomic E-state index is 12.4. The quantitative estimate of drug-likeness (QED) is 0.929. The van der Waals surface area contributed by atoms with Crippen LogP contribution in [0.25, 0.3) is 0 Å². The van der Waals surface area contributed by atoms with Crippen molar-refractivity contribution >= 4 is 35.1 Å². The number of nitrogens with zero attached hydrogens (tertiary/aromatic N) is 1. The van der Waals surface area contributed by atoms with Crippen LogP contribution in [0.3, 0.4) is 0 Å². The SMILES string of the molecule is O=C(O)CC1CN(C(=O)c2cccc(Cl)c2Cl)CCO1. The van der Waals surface area contributed by atoms with Gasteiger partial charge in [0.25, 0.3) is 5.91 Å². The normalized spacial score (nSPS) is 18.9. The summed E-state index contributed by atoms with van der Waals surface area (Å²) in [4.78, 5) is 24.6. The number of carboxylic acids is 1. The van der Waals surface area contributed by atoms with E-state index in [4.69, 9.17) is 33.0 Å². The highest BCUT2D eigenvalue weighted by Crippen LogP contribution is 2.27. The number of rotatable bonds is 3. The number of halogens is 2. The Morgan fingerprint density at radius 3 is 2.85 bits per heavy atom. The first-order chi connectivity index (χ1) is 9.49. The maximum absolute atomic E-state index is 12.4. The number of morpholine rings is 1. The lowest BCUT2D eigenvalue weighted by molar-refractivity contribution is -0.141. The van der Waals surface area contributed by atoms with Crippen LogP contribution in [-0.2, 0) is 9.53 Å². The van der Waals surface area contributed by atoms with E-state index < -0.39 is 12.1 Å². The molecule has 0 spiro atoms. The number of aliphatic carboxylic acids is 1. The predicted octanol–water partition coefficient (Wildman–Crippen LogP) is 2.31. The molecule has 108 valence electrons. The molecule has 1 N–H and O–H groups in total. The second kappa shape index (κ2) is 6.43. The van der Waals surface area contributed by atoms with Crippen LogP contribution >= 0.6 is 23.2 Å². The largest absolute Gasteiger partial charge is 0.481 e. The molecule has 0 bridgehead atoms. The third-order valence-electron chi connectivity index (χ3n) is 3.01. The predicted molar refractivity (Wildman–Crippen MR) is 74.4 cm³/mol. The zero-order chi connectivity index (χ0) is 14.7. The third kappa shape index (κ3) is 3.42. The van der Waals surface area contributed by atoms with Crippen LogP contribution < -0.4 is 0 Å². The van der Waals surface area contributed by atoms with Crippen LogP contribution in [-0.4, -0.2) is 47.7 Å². The van der Waals surface area contributed by atoms with Gasteiger partial charge in [-0.25, -0.2) is 0 Å². The molecule has 5 nitrogen and oxygen atoms in total. The number of carbonyl (C=O) groups excluding carboxylic acids is 1. The summed E-state index contributed by atoms with van der Waals surface area (Å²) in [6.45, 7) is 0.938. The minimum absolute atomic E-state index is 0.132. The van der Waals surface area contributed by atoms with Crippen molar-refractivity contribution in [2.75, 3.05) is 19.7 Å². The van der Waals surface area contributed by atoms with Crippen molar-refractivity contribution in [1.29, 1.82) is 0 Å². The molecule has 0 saturated carbocycles. The van der Waals surface area contributed by atoms with Gasteiger partial charge in [0.15, 0.2) is 0 Å². The van der Waals surface area contributed by atoms with E-state index in [1.165, 1.54) is 4.90 Å². The van der Waals surface area contributed by atoms with E-state index in [0.29, 0.717) is 23.7 Å². The fourth-order valence-corrected chi connectivity index (χ4v) is 2.44. The zero-order valence-corrected chi connectivity index (χ0v) is 12.0. The lowest BCUT2D eigenvalue weighted by Gasteiger charge is -2.32. The number of carbonyl (C=O) groups is 2. The summed E-state index contributed by atoms with van der Waals surface area (Å²) < 4.78 is 5.33. The Morgan fingerprint density at radius 2 is 2.15 bits per heavy atom. The first-order valence-corrected chi connectivity index (χ1v) is 6.81. The van der Waals surface area contributed by atoms with E-state index in [0.717, 1.165) is 0 Å². The molecule has 1 aliphatic heterocycles. The summed E-state index contributed by atoms with van der Waals surface area (Å²) in [6, 6.07) is 4.85. The van der Waals surface area contributed by atoms with Gasteiger partial charge in [0.05, 0.1) is 34.7 Å². The fourth-order valence-electron chi connectivity index (χ4n) is 2.06. The van der Waals surface area contributed by atoms with Crippen LogP contribution in [0.15, 0.2) is 18.2 Å². The second-order valence-corrected chi connectivity index (χ2v) is 5.23. The van der Waals surface area contributed by atoms with Crippen molar-refractivity contribution in [3.8, 4) is 0 Å². The monoisotopic (exact) mass is 317 g/mol.